The molecular formula is C18H28F2N4. The van der Waals surface area contributed by atoms with Crippen molar-refractivity contribution in [3.63, 3.8) is 0 Å². The number of piperidine rings is 1. The Morgan fingerprint density at radius 2 is 2.00 bits per heavy atom. The van der Waals surface area contributed by atoms with Crippen molar-refractivity contribution in [1.82, 2.24) is 15.5 Å². The van der Waals surface area contributed by atoms with Crippen LogP contribution in [0.4, 0.5) is 8.78 Å². The summed E-state index contributed by atoms with van der Waals surface area (Å²) in [5.41, 5.74) is 0.288. The summed E-state index contributed by atoms with van der Waals surface area (Å²) in [6.45, 7) is 7.72. The molecule has 0 amide bonds. The highest BCUT2D eigenvalue weighted by molar-refractivity contribution is 5.79. The van der Waals surface area contributed by atoms with Crippen LogP contribution in [0.2, 0.25) is 0 Å². The molecule has 1 fully saturated rings. The first-order chi connectivity index (χ1) is 11.5. The first-order valence-electron chi connectivity index (χ1n) is 8.62. The van der Waals surface area contributed by atoms with Gasteiger partial charge in [-0.3, -0.25) is 9.89 Å². The Balaban J connectivity index is 1.79. The van der Waals surface area contributed by atoms with Gasteiger partial charge in [0, 0.05) is 31.7 Å². The Bertz CT molecular complexity index is 554. The monoisotopic (exact) mass is 338 g/mol. The predicted octanol–water partition coefficient (Wildman–Crippen LogP) is 2.75. The fourth-order valence-electron chi connectivity index (χ4n) is 2.92. The van der Waals surface area contributed by atoms with Gasteiger partial charge in [0.15, 0.2) is 5.96 Å². The molecule has 6 heteroatoms. The van der Waals surface area contributed by atoms with Gasteiger partial charge in [0.2, 0.25) is 0 Å². The van der Waals surface area contributed by atoms with Crippen molar-refractivity contribution in [3.8, 4) is 0 Å². The molecule has 2 N–H and O–H groups in total. The Hall–Kier alpha value is -1.69. The van der Waals surface area contributed by atoms with Crippen LogP contribution in [0.15, 0.2) is 23.2 Å². The standard InChI is InChI=1S/C18H28F2N4/c1-13-6-8-24(9-7-13)14(2)11-22-18(21-3)23-12-15-10-16(19)4-5-17(15)20/h4-5,10,13-14H,6-9,11-12H2,1-3H3,(H2,21,22,23). The molecule has 1 saturated heterocycles. The van der Waals surface area contributed by atoms with Crippen molar-refractivity contribution in [1.29, 1.82) is 0 Å². The molecule has 1 unspecified atom stereocenters. The molecule has 2 rings (SSSR count). The van der Waals surface area contributed by atoms with Gasteiger partial charge in [0.1, 0.15) is 11.6 Å². The quantitative estimate of drug-likeness (QED) is 0.641. The minimum Gasteiger partial charge on any atom is -0.355 e. The van der Waals surface area contributed by atoms with Crippen molar-refractivity contribution in [2.24, 2.45) is 10.9 Å². The van der Waals surface area contributed by atoms with E-state index in [0.717, 1.165) is 37.7 Å². The highest BCUT2D eigenvalue weighted by atomic mass is 19.1. The van der Waals surface area contributed by atoms with Crippen molar-refractivity contribution in [3.05, 3.63) is 35.4 Å². The van der Waals surface area contributed by atoms with Crippen LogP contribution in [0.1, 0.15) is 32.3 Å². The smallest absolute Gasteiger partial charge is 0.191 e. The second-order valence-corrected chi connectivity index (χ2v) is 6.61. The Labute approximate surface area is 143 Å². The molecule has 0 aromatic heterocycles. The average Bonchev–Trinajstić information content (AvgIpc) is 2.58. The zero-order valence-corrected chi connectivity index (χ0v) is 14.8. The molecule has 24 heavy (non-hydrogen) atoms. The van der Waals surface area contributed by atoms with Gasteiger partial charge in [0.25, 0.3) is 0 Å². The van der Waals surface area contributed by atoms with Crippen molar-refractivity contribution in [2.45, 2.75) is 39.3 Å². The molecule has 1 atom stereocenters. The maximum atomic E-state index is 13.6. The number of hydrogen-bond acceptors (Lipinski definition) is 2. The van der Waals surface area contributed by atoms with Crippen LogP contribution < -0.4 is 10.6 Å². The zero-order chi connectivity index (χ0) is 17.5. The van der Waals surface area contributed by atoms with E-state index in [1.807, 2.05) is 0 Å². The summed E-state index contributed by atoms with van der Waals surface area (Å²) in [5.74, 6) is 0.548. The van der Waals surface area contributed by atoms with E-state index < -0.39 is 11.6 Å². The lowest BCUT2D eigenvalue weighted by atomic mass is 9.98. The van der Waals surface area contributed by atoms with Gasteiger partial charge < -0.3 is 10.6 Å². The van der Waals surface area contributed by atoms with Gasteiger partial charge in [-0.1, -0.05) is 6.92 Å². The molecule has 1 aliphatic rings. The Kier molecular flexibility index (Phi) is 6.97. The number of nitrogens with one attached hydrogen (secondary N) is 2. The zero-order valence-electron chi connectivity index (χ0n) is 14.8. The maximum absolute atomic E-state index is 13.6. The topological polar surface area (TPSA) is 39.7 Å². The van der Waals surface area contributed by atoms with Crippen LogP contribution in [0.5, 0.6) is 0 Å². The Morgan fingerprint density at radius 1 is 1.29 bits per heavy atom. The second kappa shape index (κ2) is 8.97. The number of benzene rings is 1. The molecule has 0 radical (unpaired) electrons. The van der Waals surface area contributed by atoms with Crippen molar-refractivity contribution >= 4 is 5.96 Å². The van der Waals surface area contributed by atoms with Crippen LogP contribution >= 0.6 is 0 Å². The van der Waals surface area contributed by atoms with E-state index in [1.54, 1.807) is 7.05 Å². The first-order valence-corrected chi connectivity index (χ1v) is 8.62. The van der Waals surface area contributed by atoms with Gasteiger partial charge in [-0.2, -0.15) is 0 Å². The van der Waals surface area contributed by atoms with E-state index in [-0.39, 0.29) is 12.1 Å². The first kappa shape index (κ1) is 18.6. The molecule has 1 heterocycles. The molecule has 0 spiro atoms. The highest BCUT2D eigenvalue weighted by Crippen LogP contribution is 2.17. The number of likely N-dealkylation sites (tertiary alicyclic amines) is 1. The summed E-state index contributed by atoms with van der Waals surface area (Å²) < 4.78 is 26.8. The molecule has 0 aliphatic carbocycles. The van der Waals surface area contributed by atoms with Crippen molar-refractivity contribution < 1.29 is 8.78 Å². The summed E-state index contributed by atoms with van der Waals surface area (Å²) in [7, 11) is 1.67. The van der Waals surface area contributed by atoms with Crippen LogP contribution in [-0.2, 0) is 6.54 Å². The highest BCUT2D eigenvalue weighted by Gasteiger charge is 2.20. The van der Waals surface area contributed by atoms with E-state index in [0.29, 0.717) is 12.0 Å². The fourth-order valence-corrected chi connectivity index (χ4v) is 2.92. The second-order valence-electron chi connectivity index (χ2n) is 6.61. The lowest BCUT2D eigenvalue weighted by Crippen LogP contribution is -2.48. The lowest BCUT2D eigenvalue weighted by Gasteiger charge is -2.35. The SMILES string of the molecule is CN=C(NCc1cc(F)ccc1F)NCC(C)N1CCC(C)CC1. The third-order valence-electron chi connectivity index (χ3n) is 4.68. The number of hydrogen-bond donors (Lipinski definition) is 2. The van der Waals surface area contributed by atoms with Crippen LogP contribution in [0.25, 0.3) is 0 Å². The van der Waals surface area contributed by atoms with Crippen LogP contribution in [0, 0.1) is 17.6 Å². The molecule has 0 saturated carbocycles. The Morgan fingerprint density at radius 3 is 2.67 bits per heavy atom. The summed E-state index contributed by atoms with van der Waals surface area (Å²) in [6, 6.07) is 3.87. The molecule has 1 aromatic carbocycles. The van der Waals surface area contributed by atoms with Gasteiger partial charge in [-0.25, -0.2) is 8.78 Å². The van der Waals surface area contributed by atoms with E-state index in [1.165, 1.54) is 18.9 Å². The van der Waals surface area contributed by atoms with E-state index in [4.69, 9.17) is 0 Å². The minimum atomic E-state index is -0.441. The number of rotatable bonds is 5. The number of nitrogens with zero attached hydrogens (tertiary/aromatic N) is 2. The fraction of sp³-hybridized carbons (Fsp3) is 0.611. The predicted molar refractivity (Wildman–Crippen MR) is 94.0 cm³/mol. The third kappa shape index (κ3) is 5.44. The number of guanidine groups is 1. The lowest BCUT2D eigenvalue weighted by molar-refractivity contribution is 0.147. The van der Waals surface area contributed by atoms with E-state index in [2.05, 4.69) is 34.4 Å². The summed E-state index contributed by atoms with van der Waals surface area (Å²) >= 11 is 0. The third-order valence-corrected chi connectivity index (χ3v) is 4.68. The van der Waals surface area contributed by atoms with E-state index in [9.17, 15) is 8.78 Å². The summed E-state index contributed by atoms with van der Waals surface area (Å²) in [5, 5.41) is 6.30. The minimum absolute atomic E-state index is 0.193. The molecule has 4 nitrogen and oxygen atoms in total. The number of aliphatic imine (C=N–C) groups is 1. The van der Waals surface area contributed by atoms with E-state index >= 15 is 0 Å². The van der Waals surface area contributed by atoms with Crippen molar-refractivity contribution in [2.75, 3.05) is 26.7 Å². The normalized spacial score (nSPS) is 18.5. The summed E-state index contributed by atoms with van der Waals surface area (Å²) in [4.78, 5) is 6.62. The maximum Gasteiger partial charge on any atom is 0.191 e. The molecule has 1 aliphatic heterocycles. The molecule has 1 aromatic rings. The van der Waals surface area contributed by atoms with Crippen LogP contribution in [-0.4, -0.2) is 43.6 Å². The van der Waals surface area contributed by atoms with Gasteiger partial charge in [0.05, 0.1) is 0 Å². The molecule has 134 valence electrons. The van der Waals surface area contributed by atoms with Gasteiger partial charge >= 0.3 is 0 Å². The average molecular weight is 338 g/mol. The van der Waals surface area contributed by atoms with Crippen LogP contribution in [0.3, 0.4) is 0 Å². The molecule has 0 bridgehead atoms. The van der Waals surface area contributed by atoms with Gasteiger partial charge in [-0.05, 0) is 57.0 Å². The molecular weight excluding hydrogens is 310 g/mol. The van der Waals surface area contributed by atoms with Gasteiger partial charge in [-0.15, -0.1) is 0 Å². The summed E-state index contributed by atoms with van der Waals surface area (Å²) in [6.07, 6.45) is 2.49. The largest absolute Gasteiger partial charge is 0.355 e. The number of halogens is 2.